The van der Waals surface area contributed by atoms with Crippen molar-refractivity contribution in [2.24, 2.45) is 0 Å². The van der Waals surface area contributed by atoms with Gasteiger partial charge in [-0.1, -0.05) is 342 Å². The molecule has 0 heterocycles. The van der Waals surface area contributed by atoms with E-state index in [1.54, 1.807) is 0 Å². The molecular formula is C87H150O17P2. The SMILES string of the molecule is CC/C=C\C/C=C\C/C=C\C/C=C\C/C=C\C/C=C\CCC(=O)O[C@H](COC(=O)CCC/C=C\C/C=C\C/C=C\C/C=C\CCCCC)COP(=O)(O)OC[C@@H](O)COP(=O)(O)OC[C@@H](COC(=O)CCCCCCCCCCCCCCCCC)OC(=O)CCCCCCCCCCCCCCCCC. The molecule has 0 aliphatic rings. The summed E-state index contributed by atoms with van der Waals surface area (Å²) >= 11 is 0. The largest absolute Gasteiger partial charge is 0.472 e. The van der Waals surface area contributed by atoms with Crippen LogP contribution in [0.4, 0.5) is 0 Å². The smallest absolute Gasteiger partial charge is 0.462 e. The van der Waals surface area contributed by atoms with Crippen molar-refractivity contribution < 1.29 is 80.2 Å². The third-order valence-electron chi connectivity index (χ3n) is 17.5. The minimum absolute atomic E-state index is 0.0436. The van der Waals surface area contributed by atoms with Gasteiger partial charge in [-0.25, -0.2) is 9.13 Å². The van der Waals surface area contributed by atoms with Crippen LogP contribution in [0.25, 0.3) is 0 Å². The van der Waals surface area contributed by atoms with Gasteiger partial charge in [-0.2, -0.15) is 0 Å². The lowest BCUT2D eigenvalue weighted by atomic mass is 10.0. The number of allylic oxidation sites excluding steroid dienone is 20. The van der Waals surface area contributed by atoms with E-state index in [4.69, 9.17) is 37.0 Å². The van der Waals surface area contributed by atoms with Gasteiger partial charge in [0, 0.05) is 25.7 Å². The fourth-order valence-corrected chi connectivity index (χ4v) is 12.7. The first-order chi connectivity index (χ1) is 51.7. The molecule has 0 amide bonds. The highest BCUT2D eigenvalue weighted by Gasteiger charge is 2.30. The van der Waals surface area contributed by atoms with Crippen LogP contribution in [0.3, 0.4) is 0 Å². The topological polar surface area (TPSA) is 237 Å². The van der Waals surface area contributed by atoms with E-state index in [9.17, 15) is 43.2 Å². The van der Waals surface area contributed by atoms with Crippen molar-refractivity contribution in [1.29, 1.82) is 0 Å². The minimum atomic E-state index is -5.01. The summed E-state index contributed by atoms with van der Waals surface area (Å²) in [7, 11) is -10.00. The highest BCUT2D eigenvalue weighted by atomic mass is 31.2. The summed E-state index contributed by atoms with van der Waals surface area (Å²) in [6.45, 7) is 4.64. The second-order valence-corrected chi connectivity index (χ2v) is 30.6. The summed E-state index contributed by atoms with van der Waals surface area (Å²) in [5.41, 5.74) is 0. The molecule has 0 saturated carbocycles. The summed E-state index contributed by atoms with van der Waals surface area (Å²) in [6.07, 6.45) is 87.6. The lowest BCUT2D eigenvalue weighted by Crippen LogP contribution is -2.30. The Labute approximate surface area is 644 Å². The maximum absolute atomic E-state index is 13.1. The van der Waals surface area contributed by atoms with Crippen LogP contribution in [0, 0.1) is 0 Å². The molecule has 0 aromatic carbocycles. The van der Waals surface area contributed by atoms with E-state index in [1.165, 1.54) is 154 Å². The second kappa shape index (κ2) is 78.6. The molecule has 0 saturated heterocycles. The van der Waals surface area contributed by atoms with Crippen molar-refractivity contribution in [3.8, 4) is 0 Å². The van der Waals surface area contributed by atoms with Gasteiger partial charge in [0.1, 0.15) is 19.3 Å². The number of esters is 4. The zero-order valence-electron chi connectivity index (χ0n) is 66.8. The number of carbonyl (C=O) groups excluding carboxylic acids is 4. The molecule has 0 fully saturated rings. The number of unbranched alkanes of at least 4 members (excludes halogenated alkanes) is 32. The summed E-state index contributed by atoms with van der Waals surface area (Å²) in [5.74, 6) is -2.32. The molecule has 0 rings (SSSR count). The molecular weight excluding hydrogens is 1380 g/mol. The molecule has 0 bridgehead atoms. The quantitative estimate of drug-likeness (QED) is 0.0169. The zero-order valence-corrected chi connectivity index (χ0v) is 68.6. The molecule has 3 N–H and O–H groups in total. The fourth-order valence-electron chi connectivity index (χ4n) is 11.1. The summed E-state index contributed by atoms with van der Waals surface area (Å²) < 4.78 is 68.6. The molecule has 0 spiro atoms. The molecule has 0 aliphatic carbocycles. The van der Waals surface area contributed by atoms with Crippen LogP contribution in [-0.2, 0) is 65.4 Å². The molecule has 0 radical (unpaired) electrons. The van der Waals surface area contributed by atoms with Gasteiger partial charge < -0.3 is 33.8 Å². The van der Waals surface area contributed by atoms with Crippen LogP contribution in [0.2, 0.25) is 0 Å². The Balaban J connectivity index is 5.47. The molecule has 0 aromatic rings. The van der Waals surface area contributed by atoms with Gasteiger partial charge in [0.05, 0.1) is 26.4 Å². The predicted molar refractivity (Wildman–Crippen MR) is 436 cm³/mol. The molecule has 0 aliphatic heterocycles. The Morgan fingerprint density at radius 2 is 0.519 bits per heavy atom. The molecule has 5 atom stereocenters. The first kappa shape index (κ1) is 101. The predicted octanol–water partition coefficient (Wildman–Crippen LogP) is 24.7. The monoisotopic (exact) mass is 1530 g/mol. The number of aliphatic hydroxyl groups is 1. The van der Waals surface area contributed by atoms with Crippen LogP contribution < -0.4 is 0 Å². The van der Waals surface area contributed by atoms with Gasteiger partial charge >= 0.3 is 39.5 Å². The first-order valence-corrected chi connectivity index (χ1v) is 44.8. The van der Waals surface area contributed by atoms with Crippen LogP contribution in [0.1, 0.15) is 349 Å². The number of aliphatic hydroxyl groups excluding tert-OH is 1. The molecule has 106 heavy (non-hydrogen) atoms. The number of hydrogen-bond acceptors (Lipinski definition) is 15. The Morgan fingerprint density at radius 3 is 0.849 bits per heavy atom. The van der Waals surface area contributed by atoms with Crippen molar-refractivity contribution in [2.45, 2.75) is 367 Å². The number of hydrogen-bond donors (Lipinski definition) is 3. The number of carbonyl (C=O) groups is 4. The van der Waals surface area contributed by atoms with E-state index < -0.39 is 97.5 Å². The fraction of sp³-hybridized carbons (Fsp3) is 0.724. The molecule has 17 nitrogen and oxygen atoms in total. The van der Waals surface area contributed by atoms with Crippen molar-refractivity contribution in [2.75, 3.05) is 39.6 Å². The standard InChI is InChI=1S/C87H150O17P2/c1-5-9-13-17-21-25-29-33-37-39-40-42-46-50-54-58-62-66-70-74-87(92)104-83(78-98-85(90)72-68-64-60-56-52-48-45-41-38-34-30-26-22-18-14-10-6-2)80-102-106(95,96)100-76-81(88)75-99-105(93,94)101-79-82(103-86(91)73-69-65-61-57-53-49-44-36-32-28-24-20-16-12-8-4)77-97-84(89)71-67-63-59-55-51-47-43-35-31-27-23-19-15-11-7-3/h9,13,21-22,25-26,33-34,37-38,40,42,45,48,50,54,56,60,62,66,81-83,88H,5-8,10-12,14-20,23-24,27-32,35-36,39,41,43-44,46-47,49,51-53,55,57-59,61,63-65,67-80H2,1-4H3,(H,93,94)(H,95,96)/b13-9-,25-21-,26-22-,37-33-,38-34-,42-40-,48-45-,54-50-,60-56-,66-62-/t81-,82+,83+/m0/s1. The Hall–Kier alpha value is -4.54. The third-order valence-corrected chi connectivity index (χ3v) is 19.4. The molecule has 19 heteroatoms. The number of phosphoric acid groups is 2. The van der Waals surface area contributed by atoms with Gasteiger partial charge in [0.25, 0.3) is 0 Å². The van der Waals surface area contributed by atoms with Crippen molar-refractivity contribution in [3.63, 3.8) is 0 Å². The molecule has 0 aromatic heterocycles. The number of rotatable bonds is 78. The van der Waals surface area contributed by atoms with E-state index in [2.05, 4.69) is 119 Å². The highest BCUT2D eigenvalue weighted by Crippen LogP contribution is 2.45. The van der Waals surface area contributed by atoms with Gasteiger partial charge in [-0.3, -0.25) is 37.3 Å². The van der Waals surface area contributed by atoms with Gasteiger partial charge in [0.2, 0.25) is 0 Å². The lowest BCUT2D eigenvalue weighted by Gasteiger charge is -2.21. The Bertz CT molecular complexity index is 2480. The van der Waals surface area contributed by atoms with Crippen LogP contribution in [0.15, 0.2) is 122 Å². The normalized spacial score (nSPS) is 14.4. The summed E-state index contributed by atoms with van der Waals surface area (Å²) in [5, 5.41) is 10.7. The first-order valence-electron chi connectivity index (χ1n) is 41.8. The van der Waals surface area contributed by atoms with Crippen molar-refractivity contribution in [3.05, 3.63) is 122 Å². The van der Waals surface area contributed by atoms with E-state index in [0.29, 0.717) is 38.5 Å². The average molecular weight is 1530 g/mol. The van der Waals surface area contributed by atoms with E-state index >= 15 is 0 Å². The van der Waals surface area contributed by atoms with Gasteiger partial charge in [0.15, 0.2) is 12.2 Å². The average Bonchev–Trinajstić information content (AvgIpc) is 0.902. The maximum atomic E-state index is 13.1. The summed E-state index contributed by atoms with van der Waals surface area (Å²) in [4.78, 5) is 73.1. The number of phosphoric ester groups is 2. The number of ether oxygens (including phenoxy) is 4. The van der Waals surface area contributed by atoms with Crippen molar-refractivity contribution in [1.82, 2.24) is 0 Å². The van der Waals surface area contributed by atoms with E-state index in [-0.39, 0.29) is 25.7 Å². The third kappa shape index (κ3) is 77.6. The molecule has 610 valence electrons. The Kier molecular flexibility index (Phi) is 75.2. The van der Waals surface area contributed by atoms with Gasteiger partial charge in [-0.15, -0.1) is 0 Å². The maximum Gasteiger partial charge on any atom is 0.472 e. The second-order valence-electron chi connectivity index (χ2n) is 27.7. The summed E-state index contributed by atoms with van der Waals surface area (Å²) in [6, 6.07) is 0. The van der Waals surface area contributed by atoms with Crippen LogP contribution in [-0.4, -0.2) is 96.7 Å². The zero-order chi connectivity index (χ0) is 77.4. The highest BCUT2D eigenvalue weighted by molar-refractivity contribution is 7.47. The van der Waals surface area contributed by atoms with E-state index in [0.717, 1.165) is 103 Å². The van der Waals surface area contributed by atoms with Crippen LogP contribution in [0.5, 0.6) is 0 Å². The van der Waals surface area contributed by atoms with Gasteiger partial charge in [-0.05, 0) is 103 Å². The lowest BCUT2D eigenvalue weighted by molar-refractivity contribution is -0.161. The minimum Gasteiger partial charge on any atom is -0.462 e. The van der Waals surface area contributed by atoms with Crippen molar-refractivity contribution >= 4 is 39.5 Å². The van der Waals surface area contributed by atoms with Crippen LogP contribution >= 0.6 is 15.6 Å². The Morgan fingerprint density at radius 1 is 0.274 bits per heavy atom. The molecule has 2 unspecified atom stereocenters. The van der Waals surface area contributed by atoms with E-state index in [1.807, 2.05) is 30.4 Å².